The second-order valence-corrected chi connectivity index (χ2v) is 4.12. The molecule has 66 valence electrons. The topological polar surface area (TPSA) is 15.3 Å². The van der Waals surface area contributed by atoms with Gasteiger partial charge in [-0.05, 0) is 39.4 Å². The lowest BCUT2D eigenvalue weighted by Gasteiger charge is -2.43. The molecular formula is C9H20N2. The van der Waals surface area contributed by atoms with E-state index >= 15 is 0 Å². The van der Waals surface area contributed by atoms with Crippen molar-refractivity contribution in [1.82, 2.24) is 10.2 Å². The van der Waals surface area contributed by atoms with Crippen molar-refractivity contribution in [3.05, 3.63) is 0 Å². The normalized spacial score (nSPS) is 21.8. The predicted octanol–water partition coefficient (Wildman–Crippen LogP) is 0.938. The number of nitrogens with zero attached hydrogens (tertiary/aromatic N) is 1. The molecule has 0 atom stereocenters. The zero-order valence-corrected chi connectivity index (χ0v) is 7.98. The maximum atomic E-state index is 3.29. The van der Waals surface area contributed by atoms with Crippen LogP contribution in [0, 0.1) is 5.41 Å². The molecule has 0 aromatic heterocycles. The van der Waals surface area contributed by atoms with Gasteiger partial charge in [0.25, 0.3) is 0 Å². The Morgan fingerprint density at radius 2 is 2.00 bits per heavy atom. The Balaban J connectivity index is 2.33. The van der Waals surface area contributed by atoms with Crippen LogP contribution >= 0.6 is 0 Å². The van der Waals surface area contributed by atoms with Crippen LogP contribution in [-0.2, 0) is 0 Å². The lowest BCUT2D eigenvalue weighted by Crippen LogP contribution is -2.45. The van der Waals surface area contributed by atoms with E-state index in [1.54, 1.807) is 0 Å². The summed E-state index contributed by atoms with van der Waals surface area (Å²) in [5, 5.41) is 3.29. The molecule has 0 saturated heterocycles. The lowest BCUT2D eigenvalue weighted by molar-refractivity contribution is 0.0905. The fraction of sp³-hybridized carbons (Fsp3) is 1.00. The minimum absolute atomic E-state index is 0.609. The van der Waals surface area contributed by atoms with Crippen molar-refractivity contribution < 1.29 is 0 Å². The minimum Gasteiger partial charge on any atom is -0.319 e. The average Bonchev–Trinajstić information content (AvgIpc) is 1.82. The third kappa shape index (κ3) is 2.17. The lowest BCUT2D eigenvalue weighted by atomic mass is 9.68. The molecule has 1 saturated carbocycles. The van der Waals surface area contributed by atoms with Crippen LogP contribution in [0.3, 0.4) is 0 Å². The van der Waals surface area contributed by atoms with Crippen LogP contribution in [0.2, 0.25) is 0 Å². The maximum Gasteiger partial charge on any atom is 0.00440 e. The molecule has 0 aliphatic heterocycles. The third-order valence-corrected chi connectivity index (χ3v) is 2.62. The summed E-state index contributed by atoms with van der Waals surface area (Å²) in [4.78, 5) is 2.30. The van der Waals surface area contributed by atoms with E-state index in [9.17, 15) is 0 Å². The van der Waals surface area contributed by atoms with Gasteiger partial charge in [-0.3, -0.25) is 0 Å². The molecule has 1 N–H and O–H groups in total. The highest BCUT2D eigenvalue weighted by Gasteiger charge is 2.36. The quantitative estimate of drug-likeness (QED) is 0.651. The fourth-order valence-corrected chi connectivity index (χ4v) is 2.11. The summed E-state index contributed by atoms with van der Waals surface area (Å²) in [6.07, 6.45) is 4.24. The van der Waals surface area contributed by atoms with E-state index in [1.807, 2.05) is 0 Å². The Hall–Kier alpha value is -0.0800. The molecule has 1 fully saturated rings. The summed E-state index contributed by atoms with van der Waals surface area (Å²) in [7, 11) is 6.38. The van der Waals surface area contributed by atoms with Crippen molar-refractivity contribution in [1.29, 1.82) is 0 Å². The van der Waals surface area contributed by atoms with Gasteiger partial charge in [0.1, 0.15) is 0 Å². The molecule has 1 aliphatic carbocycles. The number of rotatable bonds is 4. The van der Waals surface area contributed by atoms with E-state index in [-0.39, 0.29) is 0 Å². The second-order valence-electron chi connectivity index (χ2n) is 4.12. The zero-order valence-electron chi connectivity index (χ0n) is 7.98. The fourth-order valence-electron chi connectivity index (χ4n) is 2.11. The maximum absolute atomic E-state index is 3.29. The molecule has 1 rings (SSSR count). The molecule has 0 amide bonds. The number of hydrogen-bond acceptors (Lipinski definition) is 2. The summed E-state index contributed by atoms with van der Waals surface area (Å²) >= 11 is 0. The minimum atomic E-state index is 0.609. The first kappa shape index (κ1) is 9.01. The van der Waals surface area contributed by atoms with Crippen molar-refractivity contribution in [2.45, 2.75) is 19.3 Å². The highest BCUT2D eigenvalue weighted by Crippen LogP contribution is 2.40. The first-order valence-corrected chi connectivity index (χ1v) is 4.48. The predicted molar refractivity (Wildman–Crippen MR) is 48.8 cm³/mol. The van der Waals surface area contributed by atoms with Crippen LogP contribution in [0.25, 0.3) is 0 Å². The van der Waals surface area contributed by atoms with Gasteiger partial charge in [0.05, 0.1) is 0 Å². The van der Waals surface area contributed by atoms with Crippen molar-refractivity contribution in [2.75, 3.05) is 34.2 Å². The first-order valence-electron chi connectivity index (χ1n) is 4.48. The Bertz CT molecular complexity index is 117. The van der Waals surface area contributed by atoms with Gasteiger partial charge in [-0.1, -0.05) is 6.42 Å². The third-order valence-electron chi connectivity index (χ3n) is 2.62. The van der Waals surface area contributed by atoms with Gasteiger partial charge in [-0.2, -0.15) is 0 Å². The Kier molecular flexibility index (Phi) is 2.90. The molecule has 0 radical (unpaired) electrons. The monoisotopic (exact) mass is 156 g/mol. The molecule has 1 aliphatic rings. The van der Waals surface area contributed by atoms with E-state index in [2.05, 4.69) is 31.4 Å². The summed E-state index contributed by atoms with van der Waals surface area (Å²) < 4.78 is 0. The van der Waals surface area contributed by atoms with Gasteiger partial charge in [0.2, 0.25) is 0 Å². The van der Waals surface area contributed by atoms with E-state index in [0.717, 1.165) is 0 Å². The van der Waals surface area contributed by atoms with Gasteiger partial charge in [0.15, 0.2) is 0 Å². The van der Waals surface area contributed by atoms with Gasteiger partial charge in [-0.25, -0.2) is 0 Å². The van der Waals surface area contributed by atoms with Crippen LogP contribution in [0.5, 0.6) is 0 Å². The van der Waals surface area contributed by atoms with E-state index in [0.29, 0.717) is 5.41 Å². The summed E-state index contributed by atoms with van der Waals surface area (Å²) in [6, 6.07) is 0. The largest absolute Gasteiger partial charge is 0.319 e. The number of nitrogens with one attached hydrogen (secondary N) is 1. The van der Waals surface area contributed by atoms with Gasteiger partial charge in [-0.15, -0.1) is 0 Å². The van der Waals surface area contributed by atoms with Crippen molar-refractivity contribution in [2.24, 2.45) is 5.41 Å². The molecule has 0 unspecified atom stereocenters. The molecule has 0 spiro atoms. The van der Waals surface area contributed by atoms with Crippen LogP contribution < -0.4 is 5.32 Å². The Morgan fingerprint density at radius 1 is 1.36 bits per heavy atom. The van der Waals surface area contributed by atoms with Crippen LogP contribution in [0.1, 0.15) is 19.3 Å². The van der Waals surface area contributed by atoms with Crippen LogP contribution in [-0.4, -0.2) is 39.1 Å². The highest BCUT2D eigenvalue weighted by molar-refractivity contribution is 4.90. The summed E-state index contributed by atoms with van der Waals surface area (Å²) in [5.74, 6) is 0. The second kappa shape index (κ2) is 3.55. The van der Waals surface area contributed by atoms with Crippen molar-refractivity contribution in [3.8, 4) is 0 Å². The smallest absolute Gasteiger partial charge is 0.00440 e. The SMILES string of the molecule is CNCC1(CN(C)C)CCC1. The van der Waals surface area contributed by atoms with E-state index < -0.39 is 0 Å². The summed E-state index contributed by atoms with van der Waals surface area (Å²) in [5.41, 5.74) is 0.609. The van der Waals surface area contributed by atoms with Gasteiger partial charge >= 0.3 is 0 Å². The van der Waals surface area contributed by atoms with Crippen molar-refractivity contribution in [3.63, 3.8) is 0 Å². The standard InChI is InChI=1S/C9H20N2/c1-10-7-9(5-4-6-9)8-11(2)3/h10H,4-8H2,1-3H3. The summed E-state index contributed by atoms with van der Waals surface area (Å²) in [6.45, 7) is 2.43. The Morgan fingerprint density at radius 3 is 2.27 bits per heavy atom. The molecule has 0 heterocycles. The van der Waals surface area contributed by atoms with Crippen LogP contribution in [0.15, 0.2) is 0 Å². The van der Waals surface area contributed by atoms with E-state index in [4.69, 9.17) is 0 Å². The average molecular weight is 156 g/mol. The van der Waals surface area contributed by atoms with E-state index in [1.165, 1.54) is 32.4 Å². The van der Waals surface area contributed by atoms with Gasteiger partial charge in [0, 0.05) is 13.1 Å². The molecular weight excluding hydrogens is 136 g/mol. The highest BCUT2D eigenvalue weighted by atomic mass is 15.1. The molecule has 2 nitrogen and oxygen atoms in total. The van der Waals surface area contributed by atoms with Crippen LogP contribution in [0.4, 0.5) is 0 Å². The molecule has 0 bridgehead atoms. The zero-order chi connectivity index (χ0) is 8.32. The molecule has 2 heteroatoms. The van der Waals surface area contributed by atoms with Gasteiger partial charge < -0.3 is 10.2 Å². The Labute approximate surface area is 70.0 Å². The molecule has 11 heavy (non-hydrogen) atoms. The molecule has 0 aromatic carbocycles. The van der Waals surface area contributed by atoms with Crippen molar-refractivity contribution >= 4 is 0 Å². The molecule has 0 aromatic rings. The first-order chi connectivity index (χ1) is 5.18. The number of hydrogen-bond donors (Lipinski definition) is 1.